The molecule has 0 unspecified atom stereocenters. The van der Waals surface area contributed by atoms with E-state index in [-0.39, 0.29) is 5.91 Å². The van der Waals surface area contributed by atoms with E-state index >= 15 is 0 Å². The molecule has 0 saturated heterocycles. The van der Waals surface area contributed by atoms with E-state index in [9.17, 15) is 9.90 Å². The molecule has 0 atom stereocenters. The van der Waals surface area contributed by atoms with Crippen LogP contribution in [-0.4, -0.2) is 29.3 Å². The van der Waals surface area contributed by atoms with Gasteiger partial charge in [-0.25, -0.2) is 0 Å². The normalized spacial score (nSPS) is 12.2. The van der Waals surface area contributed by atoms with Crippen LogP contribution in [0, 0.1) is 0 Å². The Bertz CT molecular complexity index is 478. The lowest BCUT2D eigenvalue weighted by Gasteiger charge is -2.38. The van der Waals surface area contributed by atoms with Crippen LogP contribution in [0.3, 0.4) is 0 Å². The summed E-state index contributed by atoms with van der Waals surface area (Å²) >= 11 is 3.33. The molecule has 0 spiro atoms. The predicted molar refractivity (Wildman–Crippen MR) is 78.5 cm³/mol. The largest absolute Gasteiger partial charge is 0.496 e. The summed E-state index contributed by atoms with van der Waals surface area (Å²) in [5.74, 6) is 0.204. The van der Waals surface area contributed by atoms with Crippen molar-refractivity contribution < 1.29 is 14.6 Å². The first-order chi connectivity index (χ1) is 8.58. The maximum atomic E-state index is 12.3. The van der Waals surface area contributed by atoms with Crippen molar-refractivity contribution in [3.05, 3.63) is 28.2 Å². The third-order valence-corrected chi connectivity index (χ3v) is 3.86. The van der Waals surface area contributed by atoms with Crippen LogP contribution >= 0.6 is 15.9 Å². The molecule has 4 nitrogen and oxygen atoms in total. The highest BCUT2D eigenvalue weighted by Gasteiger charge is 2.36. The maximum Gasteiger partial charge on any atom is 0.255 e. The number of rotatable bonds is 4. The summed E-state index contributed by atoms with van der Waals surface area (Å²) in [4.78, 5) is 12.3. The van der Waals surface area contributed by atoms with Gasteiger partial charge in [-0.15, -0.1) is 0 Å². The lowest BCUT2D eigenvalue weighted by Crippen LogP contribution is -2.57. The summed E-state index contributed by atoms with van der Waals surface area (Å²) in [6.07, 6.45) is 0. The summed E-state index contributed by atoms with van der Waals surface area (Å²) in [5, 5.41) is 12.9. The third kappa shape index (κ3) is 3.70. The number of methoxy groups -OCH3 is 1. The summed E-state index contributed by atoms with van der Waals surface area (Å²) in [6, 6.07) is 5.18. The van der Waals surface area contributed by atoms with Crippen LogP contribution in [0.1, 0.15) is 38.1 Å². The molecule has 1 amide bonds. The number of ether oxygens (including phenoxy) is 1. The van der Waals surface area contributed by atoms with Crippen molar-refractivity contribution in [1.82, 2.24) is 5.32 Å². The summed E-state index contributed by atoms with van der Waals surface area (Å²) < 4.78 is 6.03. The van der Waals surface area contributed by atoms with Gasteiger partial charge in [0.15, 0.2) is 0 Å². The van der Waals surface area contributed by atoms with Crippen LogP contribution < -0.4 is 10.1 Å². The van der Waals surface area contributed by atoms with Crippen molar-refractivity contribution in [2.75, 3.05) is 7.11 Å². The monoisotopic (exact) mass is 329 g/mol. The molecule has 0 fully saturated rings. The Morgan fingerprint density at radius 3 is 2.37 bits per heavy atom. The van der Waals surface area contributed by atoms with Crippen LogP contribution in [0.4, 0.5) is 0 Å². The first-order valence-corrected chi connectivity index (χ1v) is 6.76. The van der Waals surface area contributed by atoms with Crippen LogP contribution in [0.2, 0.25) is 0 Å². The molecule has 1 aromatic carbocycles. The molecule has 0 bridgehead atoms. The highest BCUT2D eigenvalue weighted by atomic mass is 79.9. The first-order valence-electron chi connectivity index (χ1n) is 5.97. The second-order valence-corrected chi connectivity index (χ2v) is 6.40. The van der Waals surface area contributed by atoms with Gasteiger partial charge in [-0.1, -0.05) is 15.9 Å². The Labute approximate surface area is 122 Å². The van der Waals surface area contributed by atoms with Crippen molar-refractivity contribution in [3.8, 4) is 5.75 Å². The van der Waals surface area contributed by atoms with Crippen LogP contribution in [-0.2, 0) is 0 Å². The number of hydrogen-bond donors (Lipinski definition) is 2. The number of hydrogen-bond acceptors (Lipinski definition) is 3. The molecule has 19 heavy (non-hydrogen) atoms. The number of nitrogens with one attached hydrogen (secondary N) is 1. The smallest absolute Gasteiger partial charge is 0.255 e. The molecule has 0 aromatic heterocycles. The van der Waals surface area contributed by atoms with E-state index in [0.717, 1.165) is 4.47 Å². The van der Waals surface area contributed by atoms with E-state index in [0.29, 0.717) is 11.3 Å². The number of carbonyl (C=O) groups is 1. The molecule has 0 heterocycles. The number of amides is 1. The fourth-order valence-electron chi connectivity index (χ4n) is 1.36. The first kappa shape index (κ1) is 16.0. The van der Waals surface area contributed by atoms with E-state index in [1.54, 1.807) is 45.9 Å². The number of benzene rings is 1. The minimum atomic E-state index is -1.04. The van der Waals surface area contributed by atoms with Crippen LogP contribution in [0.5, 0.6) is 5.75 Å². The summed E-state index contributed by atoms with van der Waals surface area (Å²) in [7, 11) is 1.51. The standard InChI is InChI=1S/C14H20BrNO3/c1-13(2,14(3,4)18)16-12(17)10-7-6-9(15)8-11(10)19-5/h6-8,18H,1-5H3,(H,16,17). The second-order valence-electron chi connectivity index (χ2n) is 5.48. The third-order valence-electron chi connectivity index (χ3n) is 3.36. The van der Waals surface area contributed by atoms with E-state index in [1.807, 2.05) is 0 Å². The molecule has 1 rings (SSSR count). The number of carbonyl (C=O) groups excluding carboxylic acids is 1. The van der Waals surface area contributed by atoms with Gasteiger partial charge >= 0.3 is 0 Å². The minimum Gasteiger partial charge on any atom is -0.496 e. The molecule has 0 aliphatic carbocycles. The zero-order valence-electron chi connectivity index (χ0n) is 11.9. The molecule has 106 valence electrons. The molecule has 5 heteroatoms. The number of aliphatic hydroxyl groups is 1. The molecule has 0 saturated carbocycles. The van der Waals surface area contributed by atoms with E-state index < -0.39 is 11.1 Å². The Kier molecular flexibility index (Phi) is 4.63. The Morgan fingerprint density at radius 1 is 1.32 bits per heavy atom. The highest BCUT2D eigenvalue weighted by Crippen LogP contribution is 2.26. The van der Waals surface area contributed by atoms with Gasteiger partial charge in [0.05, 0.1) is 23.8 Å². The summed E-state index contributed by atoms with van der Waals surface area (Å²) in [5.41, 5.74) is -1.36. The van der Waals surface area contributed by atoms with Crippen molar-refractivity contribution in [1.29, 1.82) is 0 Å². The van der Waals surface area contributed by atoms with Gasteiger partial charge < -0.3 is 15.2 Å². The van der Waals surface area contributed by atoms with Gasteiger partial charge in [-0.3, -0.25) is 4.79 Å². The lowest BCUT2D eigenvalue weighted by molar-refractivity contribution is -0.00297. The Morgan fingerprint density at radius 2 is 1.89 bits per heavy atom. The molecule has 0 aliphatic rings. The molecule has 0 radical (unpaired) electrons. The molecule has 2 N–H and O–H groups in total. The SMILES string of the molecule is COc1cc(Br)ccc1C(=O)NC(C)(C)C(C)(C)O. The van der Waals surface area contributed by atoms with Crippen LogP contribution in [0.15, 0.2) is 22.7 Å². The zero-order chi connectivity index (χ0) is 14.8. The van der Waals surface area contributed by atoms with Crippen molar-refractivity contribution in [3.63, 3.8) is 0 Å². The Balaban J connectivity index is 3.03. The van der Waals surface area contributed by atoms with E-state index in [2.05, 4.69) is 21.2 Å². The molecular formula is C14H20BrNO3. The maximum absolute atomic E-state index is 12.3. The average molecular weight is 330 g/mol. The van der Waals surface area contributed by atoms with Gasteiger partial charge in [-0.05, 0) is 45.9 Å². The van der Waals surface area contributed by atoms with Gasteiger partial charge in [0.25, 0.3) is 5.91 Å². The van der Waals surface area contributed by atoms with Gasteiger partial charge in [0.1, 0.15) is 5.75 Å². The van der Waals surface area contributed by atoms with Gasteiger partial charge in [0.2, 0.25) is 0 Å². The topological polar surface area (TPSA) is 58.6 Å². The fourth-order valence-corrected chi connectivity index (χ4v) is 1.70. The van der Waals surface area contributed by atoms with Crippen LogP contribution in [0.25, 0.3) is 0 Å². The van der Waals surface area contributed by atoms with Crippen molar-refractivity contribution in [2.45, 2.75) is 38.8 Å². The highest BCUT2D eigenvalue weighted by molar-refractivity contribution is 9.10. The minimum absolute atomic E-state index is 0.281. The van der Waals surface area contributed by atoms with Crippen molar-refractivity contribution >= 4 is 21.8 Å². The average Bonchev–Trinajstić information content (AvgIpc) is 2.26. The van der Waals surface area contributed by atoms with Gasteiger partial charge in [-0.2, -0.15) is 0 Å². The number of halogens is 1. The molecule has 0 aliphatic heterocycles. The van der Waals surface area contributed by atoms with E-state index in [4.69, 9.17) is 4.74 Å². The Hall–Kier alpha value is -1.07. The predicted octanol–water partition coefficient (Wildman–Crippen LogP) is 2.74. The van der Waals surface area contributed by atoms with E-state index in [1.165, 1.54) is 7.11 Å². The molecule has 1 aromatic rings. The lowest BCUT2D eigenvalue weighted by atomic mass is 9.85. The quantitative estimate of drug-likeness (QED) is 0.892. The second kappa shape index (κ2) is 5.51. The van der Waals surface area contributed by atoms with Gasteiger partial charge in [0, 0.05) is 4.47 Å². The summed E-state index contributed by atoms with van der Waals surface area (Å²) in [6.45, 7) is 6.87. The van der Waals surface area contributed by atoms with Crippen molar-refractivity contribution in [2.24, 2.45) is 0 Å². The molecular weight excluding hydrogens is 310 g/mol. The fraction of sp³-hybridized carbons (Fsp3) is 0.500. The zero-order valence-corrected chi connectivity index (χ0v) is 13.5.